The lowest BCUT2D eigenvalue weighted by Crippen LogP contribution is -2.39. The van der Waals surface area contributed by atoms with Crippen LogP contribution in [0.25, 0.3) is 5.65 Å². The maximum atomic E-state index is 12.7. The summed E-state index contributed by atoms with van der Waals surface area (Å²) in [6.07, 6.45) is 3.00. The quantitative estimate of drug-likeness (QED) is 0.497. The zero-order valence-electron chi connectivity index (χ0n) is 18.0. The van der Waals surface area contributed by atoms with Gasteiger partial charge in [0.2, 0.25) is 0 Å². The molecule has 1 N–H and O–H groups in total. The summed E-state index contributed by atoms with van der Waals surface area (Å²) >= 11 is 0. The Hall–Kier alpha value is -3.42. The van der Waals surface area contributed by atoms with E-state index in [1.165, 1.54) is 6.07 Å². The number of anilines is 1. The Balaban J connectivity index is 1.52. The monoisotopic (exact) mass is 421 g/mol. The molecule has 4 rings (SSSR count). The number of hydrogen-bond acceptors (Lipinski definition) is 5. The smallest absolute Gasteiger partial charge is 0.293 e. The number of nitrogens with one attached hydrogen (secondary N) is 1. The fraction of sp³-hybridized carbons (Fsp3) is 0.391. The molecule has 1 aliphatic rings. The highest BCUT2D eigenvalue weighted by Crippen LogP contribution is 2.33. The lowest BCUT2D eigenvalue weighted by atomic mass is 9.91. The summed E-state index contributed by atoms with van der Waals surface area (Å²) in [5.41, 5.74) is 3.41. The summed E-state index contributed by atoms with van der Waals surface area (Å²) in [4.78, 5) is 30.6. The first-order valence-corrected chi connectivity index (χ1v) is 10.6. The number of aryl methyl sites for hydroxylation is 1. The zero-order valence-corrected chi connectivity index (χ0v) is 18.0. The number of nitro groups is 1. The van der Waals surface area contributed by atoms with Crippen molar-refractivity contribution >= 4 is 22.9 Å². The second-order valence-electron chi connectivity index (χ2n) is 8.62. The van der Waals surface area contributed by atoms with Crippen LogP contribution in [0.2, 0.25) is 0 Å². The number of fused-ring (bicyclic) bond motifs is 1. The molecule has 1 aromatic carbocycles. The van der Waals surface area contributed by atoms with Crippen molar-refractivity contribution in [1.29, 1.82) is 0 Å². The van der Waals surface area contributed by atoms with Gasteiger partial charge in [0, 0.05) is 36.6 Å². The fourth-order valence-corrected chi connectivity index (χ4v) is 4.49. The van der Waals surface area contributed by atoms with Crippen LogP contribution < -0.4 is 10.2 Å². The molecule has 8 nitrogen and oxygen atoms in total. The second kappa shape index (κ2) is 8.37. The zero-order chi connectivity index (χ0) is 22.1. The van der Waals surface area contributed by atoms with Crippen LogP contribution in [0, 0.1) is 28.9 Å². The molecule has 3 aromatic rings. The van der Waals surface area contributed by atoms with Crippen LogP contribution in [0.4, 0.5) is 11.4 Å². The van der Waals surface area contributed by atoms with Crippen molar-refractivity contribution in [3.8, 4) is 0 Å². The number of pyridine rings is 1. The third-order valence-electron chi connectivity index (χ3n) is 5.82. The van der Waals surface area contributed by atoms with Crippen molar-refractivity contribution in [3.63, 3.8) is 0 Å². The van der Waals surface area contributed by atoms with Crippen LogP contribution in [0.1, 0.15) is 42.0 Å². The van der Waals surface area contributed by atoms with E-state index in [4.69, 9.17) is 0 Å². The van der Waals surface area contributed by atoms with E-state index in [1.54, 1.807) is 12.1 Å². The molecule has 0 aliphatic carbocycles. The number of aromatic nitrogens is 2. The van der Waals surface area contributed by atoms with Crippen molar-refractivity contribution in [2.24, 2.45) is 11.8 Å². The highest BCUT2D eigenvalue weighted by atomic mass is 16.6. The minimum absolute atomic E-state index is 0.0303. The molecular formula is C23H27N5O3. The minimum Gasteiger partial charge on any atom is -0.365 e. The van der Waals surface area contributed by atoms with E-state index in [9.17, 15) is 14.9 Å². The van der Waals surface area contributed by atoms with Gasteiger partial charge in [-0.3, -0.25) is 14.9 Å². The highest BCUT2D eigenvalue weighted by Gasteiger charge is 2.27. The van der Waals surface area contributed by atoms with E-state index in [0.717, 1.165) is 36.5 Å². The number of carbonyl (C=O) groups excluding carboxylic acids is 1. The van der Waals surface area contributed by atoms with Crippen molar-refractivity contribution < 1.29 is 9.72 Å². The Bertz CT molecular complexity index is 1130. The van der Waals surface area contributed by atoms with Crippen molar-refractivity contribution in [1.82, 2.24) is 14.7 Å². The maximum absolute atomic E-state index is 12.7. The van der Waals surface area contributed by atoms with Crippen LogP contribution >= 0.6 is 0 Å². The van der Waals surface area contributed by atoms with E-state index in [-0.39, 0.29) is 23.7 Å². The summed E-state index contributed by atoms with van der Waals surface area (Å²) in [7, 11) is 0. The number of benzene rings is 1. The van der Waals surface area contributed by atoms with Gasteiger partial charge in [-0.15, -0.1) is 0 Å². The average Bonchev–Trinajstić information content (AvgIpc) is 3.15. The molecule has 1 saturated heterocycles. The van der Waals surface area contributed by atoms with Gasteiger partial charge < -0.3 is 14.6 Å². The Morgan fingerprint density at radius 1 is 1.23 bits per heavy atom. The van der Waals surface area contributed by atoms with E-state index >= 15 is 0 Å². The number of hydrogen-bond donors (Lipinski definition) is 1. The van der Waals surface area contributed by atoms with Crippen LogP contribution in [0.3, 0.4) is 0 Å². The molecule has 1 aliphatic heterocycles. The molecule has 31 heavy (non-hydrogen) atoms. The summed E-state index contributed by atoms with van der Waals surface area (Å²) < 4.78 is 1.96. The fourth-order valence-electron chi connectivity index (χ4n) is 4.49. The Morgan fingerprint density at radius 2 is 1.97 bits per heavy atom. The van der Waals surface area contributed by atoms with E-state index in [2.05, 4.69) is 29.0 Å². The molecule has 0 spiro atoms. The van der Waals surface area contributed by atoms with Gasteiger partial charge in [-0.2, -0.15) is 0 Å². The van der Waals surface area contributed by atoms with Crippen molar-refractivity contribution in [2.75, 3.05) is 18.0 Å². The number of nitro benzene ring substituents is 1. The number of nitrogens with zero attached hydrogens (tertiary/aromatic N) is 4. The average molecular weight is 422 g/mol. The Kier molecular flexibility index (Phi) is 5.63. The highest BCUT2D eigenvalue weighted by molar-refractivity contribution is 5.95. The standard InChI is InChI=1S/C23H27N5O3/c1-15-9-16(2)13-26(12-15)20-8-7-18(10-21(20)28(30)31)23(29)24-11-19-14-27-17(3)5-4-6-22(27)25-19/h4-8,10,14-16H,9,11-13H2,1-3H3,(H,24,29). The Morgan fingerprint density at radius 3 is 2.65 bits per heavy atom. The van der Waals surface area contributed by atoms with Gasteiger partial charge >= 0.3 is 0 Å². The third-order valence-corrected chi connectivity index (χ3v) is 5.82. The molecule has 1 amide bonds. The van der Waals surface area contributed by atoms with Crippen molar-refractivity contribution in [2.45, 2.75) is 33.7 Å². The second-order valence-corrected chi connectivity index (χ2v) is 8.62. The molecule has 0 radical (unpaired) electrons. The number of imidazole rings is 1. The minimum atomic E-state index is -0.402. The lowest BCUT2D eigenvalue weighted by molar-refractivity contribution is -0.384. The third kappa shape index (κ3) is 4.38. The number of rotatable bonds is 5. The molecule has 0 bridgehead atoms. The van der Waals surface area contributed by atoms with Gasteiger partial charge in [0.25, 0.3) is 11.6 Å². The predicted molar refractivity (Wildman–Crippen MR) is 119 cm³/mol. The number of amides is 1. The molecule has 162 valence electrons. The molecule has 1 fully saturated rings. The predicted octanol–water partition coefficient (Wildman–Crippen LogP) is 3.96. The molecular weight excluding hydrogens is 394 g/mol. The number of carbonyl (C=O) groups is 1. The van der Waals surface area contributed by atoms with Gasteiger partial charge in [-0.1, -0.05) is 19.9 Å². The van der Waals surface area contributed by atoms with Gasteiger partial charge in [0.05, 0.1) is 17.2 Å². The van der Waals surface area contributed by atoms with Gasteiger partial charge in [0.1, 0.15) is 11.3 Å². The van der Waals surface area contributed by atoms with Gasteiger partial charge in [-0.05, 0) is 49.4 Å². The van der Waals surface area contributed by atoms with Gasteiger partial charge in [0.15, 0.2) is 0 Å². The number of piperidine rings is 1. The van der Waals surface area contributed by atoms with E-state index in [0.29, 0.717) is 17.5 Å². The van der Waals surface area contributed by atoms with Crippen LogP contribution in [0.5, 0.6) is 0 Å². The van der Waals surface area contributed by atoms with E-state index < -0.39 is 4.92 Å². The first-order chi connectivity index (χ1) is 14.8. The molecule has 2 aromatic heterocycles. The summed E-state index contributed by atoms with van der Waals surface area (Å²) in [5, 5.41) is 14.6. The Labute approximate surface area is 181 Å². The molecule has 8 heteroatoms. The van der Waals surface area contributed by atoms with E-state index in [1.807, 2.05) is 35.7 Å². The first-order valence-electron chi connectivity index (χ1n) is 10.6. The largest absolute Gasteiger partial charge is 0.365 e. The van der Waals surface area contributed by atoms with Crippen LogP contribution in [-0.2, 0) is 6.54 Å². The normalized spacial score (nSPS) is 18.9. The SMILES string of the molecule is Cc1cccc2nc(CNC(=O)c3ccc(N4CC(C)CC(C)C4)c([N+](=O)[O-])c3)cn12. The molecule has 3 heterocycles. The topological polar surface area (TPSA) is 92.8 Å². The lowest BCUT2D eigenvalue weighted by Gasteiger charge is -2.36. The molecule has 0 saturated carbocycles. The van der Waals surface area contributed by atoms with Crippen LogP contribution in [-0.4, -0.2) is 33.3 Å². The summed E-state index contributed by atoms with van der Waals surface area (Å²) in [6.45, 7) is 8.13. The first kappa shape index (κ1) is 20.8. The molecule has 2 unspecified atom stereocenters. The summed E-state index contributed by atoms with van der Waals surface area (Å²) in [5.74, 6) is 0.588. The molecule has 2 atom stereocenters. The van der Waals surface area contributed by atoms with Crippen LogP contribution in [0.15, 0.2) is 42.6 Å². The van der Waals surface area contributed by atoms with Gasteiger partial charge in [-0.25, -0.2) is 4.98 Å². The van der Waals surface area contributed by atoms with Crippen molar-refractivity contribution in [3.05, 3.63) is 69.7 Å². The maximum Gasteiger partial charge on any atom is 0.293 e. The summed E-state index contributed by atoms with van der Waals surface area (Å²) in [6, 6.07) is 10.6.